The van der Waals surface area contributed by atoms with Gasteiger partial charge >= 0.3 is 5.97 Å². The van der Waals surface area contributed by atoms with E-state index in [9.17, 15) is 4.79 Å². The fourth-order valence-corrected chi connectivity index (χ4v) is 2.73. The Labute approximate surface area is 98.0 Å². The van der Waals surface area contributed by atoms with Gasteiger partial charge in [0.05, 0.1) is 7.11 Å². The molecule has 2 aromatic rings. The van der Waals surface area contributed by atoms with Crippen molar-refractivity contribution in [1.82, 2.24) is 5.32 Å². The average molecular weight is 235 g/mol. The summed E-state index contributed by atoms with van der Waals surface area (Å²) in [4.78, 5) is 11.6. The molecule has 0 aliphatic rings. The van der Waals surface area contributed by atoms with Gasteiger partial charge in [-0.05, 0) is 29.4 Å². The number of esters is 1. The topological polar surface area (TPSA) is 38.3 Å². The third-order valence-corrected chi connectivity index (χ3v) is 3.53. The first-order valence-electron chi connectivity index (χ1n) is 4.99. The largest absolute Gasteiger partial charge is 0.468 e. The number of likely N-dealkylation sites (N-methyl/N-ethyl adjacent to an activating group) is 1. The highest BCUT2D eigenvalue weighted by molar-refractivity contribution is 7.17. The number of thiophene rings is 1. The van der Waals surface area contributed by atoms with Gasteiger partial charge in [-0.15, -0.1) is 11.3 Å². The molecule has 1 atom stereocenters. The number of carbonyl (C=O) groups excluding carboxylic acids is 1. The van der Waals surface area contributed by atoms with Crippen LogP contribution in [-0.4, -0.2) is 20.1 Å². The van der Waals surface area contributed by atoms with E-state index in [1.165, 1.54) is 11.8 Å². The lowest BCUT2D eigenvalue weighted by Crippen LogP contribution is -2.26. The van der Waals surface area contributed by atoms with Gasteiger partial charge in [-0.3, -0.25) is 0 Å². The summed E-state index contributed by atoms with van der Waals surface area (Å²) in [5.74, 6) is -0.258. The van der Waals surface area contributed by atoms with E-state index in [4.69, 9.17) is 4.74 Å². The molecule has 0 aliphatic heterocycles. The molecule has 0 saturated heterocycles. The quantitative estimate of drug-likeness (QED) is 0.830. The molecular weight excluding hydrogens is 222 g/mol. The minimum Gasteiger partial charge on any atom is -0.468 e. The Bertz CT molecular complexity index is 506. The molecule has 0 fully saturated rings. The maximum absolute atomic E-state index is 11.6. The van der Waals surface area contributed by atoms with Crippen LogP contribution in [0, 0.1) is 0 Å². The van der Waals surface area contributed by atoms with Gasteiger partial charge in [0.25, 0.3) is 0 Å². The van der Waals surface area contributed by atoms with E-state index < -0.39 is 0 Å². The molecule has 1 aromatic carbocycles. The van der Waals surface area contributed by atoms with Crippen molar-refractivity contribution in [2.24, 2.45) is 0 Å². The van der Waals surface area contributed by atoms with Gasteiger partial charge in [0.1, 0.15) is 6.04 Å². The Hall–Kier alpha value is -1.39. The second-order valence-electron chi connectivity index (χ2n) is 3.43. The first-order valence-corrected chi connectivity index (χ1v) is 5.87. The van der Waals surface area contributed by atoms with Crippen molar-refractivity contribution in [3.63, 3.8) is 0 Å². The minimum atomic E-state index is -0.388. The summed E-state index contributed by atoms with van der Waals surface area (Å²) in [6.45, 7) is 0. The zero-order valence-electron chi connectivity index (χ0n) is 9.19. The van der Waals surface area contributed by atoms with E-state index in [-0.39, 0.29) is 12.0 Å². The van der Waals surface area contributed by atoms with Crippen molar-refractivity contribution in [3.8, 4) is 0 Å². The Balaban J connectivity index is 2.49. The van der Waals surface area contributed by atoms with Gasteiger partial charge in [0.15, 0.2) is 0 Å². The fourth-order valence-electron chi connectivity index (χ4n) is 1.74. The second-order valence-corrected chi connectivity index (χ2v) is 4.34. The fraction of sp³-hybridized carbons (Fsp3) is 0.250. The highest BCUT2D eigenvalue weighted by Gasteiger charge is 2.22. The molecule has 1 N–H and O–H groups in total. The van der Waals surface area contributed by atoms with Crippen molar-refractivity contribution >= 4 is 27.4 Å². The number of benzene rings is 1. The SMILES string of the molecule is CNC(C(=O)OC)c1csc2ccccc12. The Morgan fingerprint density at radius 1 is 1.44 bits per heavy atom. The third kappa shape index (κ3) is 1.81. The van der Waals surface area contributed by atoms with Gasteiger partial charge in [-0.2, -0.15) is 0 Å². The molecule has 1 aromatic heterocycles. The molecule has 0 amide bonds. The predicted molar refractivity (Wildman–Crippen MR) is 65.6 cm³/mol. The van der Waals surface area contributed by atoms with Crippen LogP contribution in [0.3, 0.4) is 0 Å². The molecule has 2 rings (SSSR count). The molecule has 84 valence electrons. The number of nitrogens with one attached hydrogen (secondary N) is 1. The molecule has 0 aliphatic carbocycles. The van der Waals surface area contributed by atoms with Crippen molar-refractivity contribution in [3.05, 3.63) is 35.2 Å². The lowest BCUT2D eigenvalue weighted by atomic mass is 10.1. The summed E-state index contributed by atoms with van der Waals surface area (Å²) in [6.07, 6.45) is 0. The molecule has 0 radical (unpaired) electrons. The number of ether oxygens (including phenoxy) is 1. The lowest BCUT2D eigenvalue weighted by Gasteiger charge is -2.12. The standard InChI is InChI=1S/C12H13NO2S/c1-13-11(12(14)15-2)9-7-16-10-6-4-3-5-8(9)10/h3-7,11,13H,1-2H3. The normalized spacial score (nSPS) is 12.6. The number of carbonyl (C=O) groups is 1. The summed E-state index contributed by atoms with van der Waals surface area (Å²) in [5, 5.41) is 6.09. The molecule has 0 saturated carbocycles. The first-order chi connectivity index (χ1) is 7.77. The number of hydrogen-bond acceptors (Lipinski definition) is 4. The number of hydrogen-bond donors (Lipinski definition) is 1. The Morgan fingerprint density at radius 3 is 2.88 bits per heavy atom. The maximum Gasteiger partial charge on any atom is 0.327 e. The van der Waals surface area contributed by atoms with Crippen LogP contribution in [0.15, 0.2) is 29.6 Å². The molecule has 3 nitrogen and oxygen atoms in total. The zero-order chi connectivity index (χ0) is 11.5. The summed E-state index contributed by atoms with van der Waals surface area (Å²) in [5.41, 5.74) is 0.981. The van der Waals surface area contributed by atoms with E-state index in [0.717, 1.165) is 10.9 Å². The van der Waals surface area contributed by atoms with Gasteiger partial charge in [0.2, 0.25) is 0 Å². The first kappa shape index (κ1) is 11.1. The average Bonchev–Trinajstić information content (AvgIpc) is 2.74. The molecule has 0 spiro atoms. The van der Waals surface area contributed by atoms with Crippen LogP contribution in [-0.2, 0) is 9.53 Å². The maximum atomic E-state index is 11.6. The predicted octanol–water partition coefficient (Wildman–Crippen LogP) is 2.33. The number of rotatable bonds is 3. The summed E-state index contributed by atoms with van der Waals surface area (Å²) in [6, 6.07) is 7.65. The minimum absolute atomic E-state index is 0.258. The second kappa shape index (κ2) is 4.63. The third-order valence-electron chi connectivity index (χ3n) is 2.55. The smallest absolute Gasteiger partial charge is 0.327 e. The van der Waals surface area contributed by atoms with Crippen LogP contribution in [0.5, 0.6) is 0 Å². The molecule has 0 bridgehead atoms. The molecule has 16 heavy (non-hydrogen) atoms. The summed E-state index contributed by atoms with van der Waals surface area (Å²) < 4.78 is 5.96. The molecular formula is C12H13NO2S. The van der Waals surface area contributed by atoms with Gasteiger partial charge in [-0.25, -0.2) is 4.79 Å². The van der Waals surface area contributed by atoms with Crippen molar-refractivity contribution < 1.29 is 9.53 Å². The van der Waals surface area contributed by atoms with Crippen LogP contribution in [0.4, 0.5) is 0 Å². The zero-order valence-corrected chi connectivity index (χ0v) is 10.0. The monoisotopic (exact) mass is 235 g/mol. The summed E-state index contributed by atoms with van der Waals surface area (Å²) in [7, 11) is 3.16. The lowest BCUT2D eigenvalue weighted by molar-refractivity contribution is -0.143. The van der Waals surface area contributed by atoms with Gasteiger partial charge < -0.3 is 10.1 Å². The Morgan fingerprint density at radius 2 is 2.19 bits per heavy atom. The van der Waals surface area contributed by atoms with Crippen molar-refractivity contribution in [2.75, 3.05) is 14.2 Å². The highest BCUT2D eigenvalue weighted by Crippen LogP contribution is 2.30. The van der Waals surface area contributed by atoms with E-state index in [1.54, 1.807) is 18.4 Å². The van der Waals surface area contributed by atoms with Crippen LogP contribution in [0.25, 0.3) is 10.1 Å². The Kier molecular flexibility index (Phi) is 3.22. The van der Waals surface area contributed by atoms with E-state index in [2.05, 4.69) is 5.32 Å². The van der Waals surface area contributed by atoms with Gasteiger partial charge in [-0.1, -0.05) is 18.2 Å². The van der Waals surface area contributed by atoms with Crippen LogP contribution >= 0.6 is 11.3 Å². The van der Waals surface area contributed by atoms with Crippen molar-refractivity contribution in [2.45, 2.75) is 6.04 Å². The molecule has 1 heterocycles. The van der Waals surface area contributed by atoms with E-state index >= 15 is 0 Å². The highest BCUT2D eigenvalue weighted by atomic mass is 32.1. The molecule has 1 unspecified atom stereocenters. The number of fused-ring (bicyclic) bond motifs is 1. The van der Waals surface area contributed by atoms with Crippen LogP contribution in [0.1, 0.15) is 11.6 Å². The van der Waals surface area contributed by atoms with Gasteiger partial charge in [0, 0.05) is 4.70 Å². The van der Waals surface area contributed by atoms with E-state index in [0.29, 0.717) is 0 Å². The summed E-state index contributed by atoms with van der Waals surface area (Å²) >= 11 is 1.64. The van der Waals surface area contributed by atoms with E-state index in [1.807, 2.05) is 29.6 Å². The van der Waals surface area contributed by atoms with Crippen LogP contribution in [0.2, 0.25) is 0 Å². The molecule has 4 heteroatoms. The number of methoxy groups -OCH3 is 1. The van der Waals surface area contributed by atoms with Crippen molar-refractivity contribution in [1.29, 1.82) is 0 Å². The van der Waals surface area contributed by atoms with Crippen LogP contribution < -0.4 is 5.32 Å².